The molecule has 0 aliphatic heterocycles. The van der Waals surface area contributed by atoms with Gasteiger partial charge in [0, 0.05) is 3.57 Å². The summed E-state index contributed by atoms with van der Waals surface area (Å²) in [5, 5.41) is 9.38. The molecule has 0 atom stereocenters. The molecule has 1 heterocycles. The Bertz CT molecular complexity index is 936. The fourth-order valence-corrected chi connectivity index (χ4v) is 3.10. The van der Waals surface area contributed by atoms with Gasteiger partial charge in [0.15, 0.2) is 4.77 Å². The Labute approximate surface area is 140 Å². The van der Waals surface area contributed by atoms with Crippen LogP contribution in [0.3, 0.4) is 0 Å². The van der Waals surface area contributed by atoms with Gasteiger partial charge in [0.05, 0.1) is 23.7 Å². The van der Waals surface area contributed by atoms with Crippen LogP contribution in [0.4, 0.5) is 0 Å². The standard InChI is InChI=1S/C15H10IN3OS/c1-20-13-4-2-3-9(8-17)14(13)19-12-6-5-10(16)7-11(12)18-15(19)21/h2-7H,1H3,(H,18,21). The monoisotopic (exact) mass is 407 g/mol. The predicted molar refractivity (Wildman–Crippen MR) is 92.4 cm³/mol. The van der Waals surface area contributed by atoms with E-state index in [0.717, 1.165) is 14.6 Å². The molecule has 0 spiro atoms. The van der Waals surface area contributed by atoms with Crippen molar-refractivity contribution in [2.24, 2.45) is 0 Å². The molecule has 4 nitrogen and oxygen atoms in total. The molecule has 2 aromatic carbocycles. The molecule has 0 amide bonds. The van der Waals surface area contributed by atoms with Gasteiger partial charge >= 0.3 is 0 Å². The minimum absolute atomic E-state index is 0.518. The number of aromatic nitrogens is 2. The van der Waals surface area contributed by atoms with Crippen molar-refractivity contribution in [2.45, 2.75) is 0 Å². The number of ether oxygens (including phenoxy) is 1. The van der Waals surface area contributed by atoms with Gasteiger partial charge in [-0.1, -0.05) is 6.07 Å². The zero-order valence-corrected chi connectivity index (χ0v) is 14.0. The van der Waals surface area contributed by atoms with Crippen molar-refractivity contribution in [1.82, 2.24) is 9.55 Å². The lowest BCUT2D eigenvalue weighted by atomic mass is 10.1. The molecule has 0 bridgehead atoms. The molecule has 6 heteroatoms. The van der Waals surface area contributed by atoms with E-state index in [4.69, 9.17) is 17.0 Å². The Morgan fingerprint density at radius 3 is 2.86 bits per heavy atom. The zero-order valence-electron chi connectivity index (χ0n) is 11.1. The van der Waals surface area contributed by atoms with Crippen molar-refractivity contribution in [3.8, 4) is 17.5 Å². The van der Waals surface area contributed by atoms with E-state index in [1.54, 1.807) is 19.2 Å². The molecule has 1 N–H and O–H groups in total. The summed E-state index contributed by atoms with van der Waals surface area (Å²) < 4.78 is 8.90. The minimum Gasteiger partial charge on any atom is -0.495 e. The Morgan fingerprint density at radius 1 is 1.33 bits per heavy atom. The Balaban J connectivity index is 2.44. The second-order valence-corrected chi connectivity index (χ2v) is 6.03. The van der Waals surface area contributed by atoms with E-state index in [1.807, 2.05) is 28.8 Å². The van der Waals surface area contributed by atoms with Crippen molar-refractivity contribution in [2.75, 3.05) is 7.11 Å². The molecule has 0 unspecified atom stereocenters. The molecule has 0 radical (unpaired) electrons. The molecular weight excluding hydrogens is 397 g/mol. The van der Waals surface area contributed by atoms with Crippen LogP contribution in [-0.2, 0) is 0 Å². The first-order valence-corrected chi connectivity index (χ1v) is 7.62. The highest BCUT2D eigenvalue weighted by molar-refractivity contribution is 14.1. The number of imidazole rings is 1. The summed E-state index contributed by atoms with van der Waals surface area (Å²) >= 11 is 7.68. The van der Waals surface area contributed by atoms with Gasteiger partial charge in [0.2, 0.25) is 0 Å². The summed E-state index contributed by atoms with van der Waals surface area (Å²) in [6, 6.07) is 13.6. The average molecular weight is 407 g/mol. The smallest absolute Gasteiger partial charge is 0.182 e. The van der Waals surface area contributed by atoms with Crippen molar-refractivity contribution in [1.29, 1.82) is 5.26 Å². The number of hydrogen-bond donors (Lipinski definition) is 1. The Morgan fingerprint density at radius 2 is 2.14 bits per heavy atom. The number of nitrogens with one attached hydrogen (secondary N) is 1. The number of fused-ring (bicyclic) bond motifs is 1. The summed E-state index contributed by atoms with van der Waals surface area (Å²) in [4.78, 5) is 3.18. The van der Waals surface area contributed by atoms with Gasteiger partial charge in [0.25, 0.3) is 0 Å². The number of para-hydroxylation sites is 1. The predicted octanol–water partition coefficient (Wildman–Crippen LogP) is 4.17. The molecule has 21 heavy (non-hydrogen) atoms. The SMILES string of the molecule is COc1cccc(C#N)c1-n1c(=S)[nH]c2cc(I)ccc21. The molecule has 0 saturated heterocycles. The third-order valence-electron chi connectivity index (χ3n) is 3.21. The number of hydrogen-bond acceptors (Lipinski definition) is 3. The molecule has 0 fully saturated rings. The van der Waals surface area contributed by atoms with Gasteiger partial charge in [-0.15, -0.1) is 0 Å². The number of nitrogens with zero attached hydrogens (tertiary/aromatic N) is 2. The van der Waals surface area contributed by atoms with Crippen molar-refractivity contribution >= 4 is 45.8 Å². The molecular formula is C15H10IN3OS. The van der Waals surface area contributed by atoms with Crippen LogP contribution in [0.25, 0.3) is 16.7 Å². The number of halogens is 1. The third-order valence-corrected chi connectivity index (χ3v) is 4.16. The number of nitriles is 1. The quantitative estimate of drug-likeness (QED) is 0.513. The van der Waals surface area contributed by atoms with Crippen LogP contribution in [0, 0.1) is 19.7 Å². The molecule has 0 aliphatic carbocycles. The van der Waals surface area contributed by atoms with Crippen LogP contribution < -0.4 is 4.74 Å². The van der Waals surface area contributed by atoms with Crippen molar-refractivity contribution in [3.05, 3.63) is 50.3 Å². The van der Waals surface area contributed by atoms with E-state index in [9.17, 15) is 5.26 Å². The first-order chi connectivity index (χ1) is 10.2. The van der Waals surface area contributed by atoms with Gasteiger partial charge < -0.3 is 9.72 Å². The van der Waals surface area contributed by atoms with Crippen LogP contribution >= 0.6 is 34.8 Å². The molecule has 104 valence electrons. The topological polar surface area (TPSA) is 53.7 Å². The summed E-state index contributed by atoms with van der Waals surface area (Å²) in [6.45, 7) is 0. The van der Waals surface area contributed by atoms with Gasteiger partial charge in [-0.2, -0.15) is 5.26 Å². The number of aromatic amines is 1. The summed E-state index contributed by atoms with van der Waals surface area (Å²) in [6.07, 6.45) is 0. The highest BCUT2D eigenvalue weighted by Crippen LogP contribution is 2.30. The third kappa shape index (κ3) is 2.32. The van der Waals surface area contributed by atoms with Gasteiger partial charge in [-0.25, -0.2) is 0 Å². The molecule has 3 aromatic rings. The lowest BCUT2D eigenvalue weighted by Gasteiger charge is -2.12. The van der Waals surface area contributed by atoms with Crippen LogP contribution in [-0.4, -0.2) is 16.7 Å². The number of benzene rings is 2. The first kappa shape index (κ1) is 14.1. The highest BCUT2D eigenvalue weighted by atomic mass is 127. The maximum absolute atomic E-state index is 9.38. The van der Waals surface area contributed by atoms with Crippen molar-refractivity contribution in [3.63, 3.8) is 0 Å². The Kier molecular flexibility index (Phi) is 3.69. The van der Waals surface area contributed by atoms with Gasteiger partial charge in [0.1, 0.15) is 17.5 Å². The Hall–Kier alpha value is -1.85. The molecule has 1 aromatic heterocycles. The fraction of sp³-hybridized carbons (Fsp3) is 0.0667. The van der Waals surface area contributed by atoms with E-state index in [-0.39, 0.29) is 0 Å². The lowest BCUT2D eigenvalue weighted by Crippen LogP contribution is -2.01. The maximum atomic E-state index is 9.38. The van der Waals surface area contributed by atoms with E-state index >= 15 is 0 Å². The average Bonchev–Trinajstić information content (AvgIpc) is 2.80. The molecule has 0 aliphatic rings. The fourth-order valence-electron chi connectivity index (χ4n) is 2.31. The number of rotatable bonds is 2. The highest BCUT2D eigenvalue weighted by Gasteiger charge is 2.15. The molecule has 0 saturated carbocycles. The van der Waals surface area contributed by atoms with Crippen LogP contribution in [0.1, 0.15) is 5.56 Å². The summed E-state index contributed by atoms with van der Waals surface area (Å²) in [7, 11) is 1.58. The first-order valence-electron chi connectivity index (χ1n) is 6.13. The van der Waals surface area contributed by atoms with Gasteiger partial charge in [-0.05, 0) is 65.1 Å². The minimum atomic E-state index is 0.518. The second kappa shape index (κ2) is 5.50. The van der Waals surface area contributed by atoms with Gasteiger partial charge in [-0.3, -0.25) is 4.57 Å². The largest absolute Gasteiger partial charge is 0.495 e. The lowest BCUT2D eigenvalue weighted by molar-refractivity contribution is 0.413. The van der Waals surface area contributed by atoms with Crippen molar-refractivity contribution < 1.29 is 4.74 Å². The van der Waals surface area contributed by atoms with E-state index < -0.39 is 0 Å². The summed E-state index contributed by atoms with van der Waals surface area (Å²) in [5.74, 6) is 0.615. The summed E-state index contributed by atoms with van der Waals surface area (Å²) in [5.41, 5.74) is 3.04. The number of H-pyrrole nitrogens is 1. The normalized spacial score (nSPS) is 10.5. The molecule has 3 rings (SSSR count). The maximum Gasteiger partial charge on any atom is 0.182 e. The van der Waals surface area contributed by atoms with E-state index in [1.165, 1.54) is 0 Å². The van der Waals surface area contributed by atoms with Crippen LogP contribution in [0.5, 0.6) is 5.75 Å². The number of methoxy groups -OCH3 is 1. The second-order valence-electron chi connectivity index (χ2n) is 4.40. The van der Waals surface area contributed by atoms with Crippen LogP contribution in [0.15, 0.2) is 36.4 Å². The van der Waals surface area contributed by atoms with E-state index in [0.29, 0.717) is 21.8 Å². The van der Waals surface area contributed by atoms with E-state index in [2.05, 4.69) is 33.6 Å². The van der Waals surface area contributed by atoms with Crippen LogP contribution in [0.2, 0.25) is 0 Å². The zero-order chi connectivity index (χ0) is 15.0.